The van der Waals surface area contributed by atoms with Crippen molar-refractivity contribution in [3.8, 4) is 0 Å². The number of hydrogen-bond donors (Lipinski definition) is 0. The van der Waals surface area contributed by atoms with Crippen molar-refractivity contribution < 1.29 is 13.9 Å². The maximum absolute atomic E-state index is 13.0. The lowest BCUT2D eigenvalue weighted by atomic mass is 9.91. The topological polar surface area (TPSA) is 21.7 Å². The molecule has 0 bridgehead atoms. The minimum absolute atomic E-state index is 0.319. The Balaban J connectivity index is 1.52. The van der Waals surface area contributed by atoms with Crippen LogP contribution in [-0.4, -0.2) is 50.0 Å². The summed E-state index contributed by atoms with van der Waals surface area (Å²) in [5, 5.41) is 0. The van der Waals surface area contributed by atoms with E-state index in [1.807, 2.05) is 24.3 Å². The molecule has 0 N–H and O–H groups in total. The van der Waals surface area contributed by atoms with Gasteiger partial charge in [-0.25, -0.2) is 4.39 Å². The smallest absolute Gasteiger partial charge is 0.115 e. The Labute approximate surface area is 138 Å². The van der Waals surface area contributed by atoms with Crippen LogP contribution in [-0.2, 0) is 22.6 Å². The van der Waals surface area contributed by atoms with Crippen LogP contribution in [0.2, 0.25) is 0 Å². The first-order valence-corrected chi connectivity index (χ1v) is 8.94. The van der Waals surface area contributed by atoms with Crippen LogP contribution in [0.5, 0.6) is 0 Å². The van der Waals surface area contributed by atoms with E-state index in [1.54, 1.807) is 0 Å². The van der Waals surface area contributed by atoms with Crippen LogP contribution >= 0.6 is 0 Å². The molecule has 1 aromatic rings. The average molecular weight is 321 g/mol. The van der Waals surface area contributed by atoms with E-state index in [2.05, 4.69) is 4.90 Å². The van der Waals surface area contributed by atoms with Gasteiger partial charge < -0.3 is 9.47 Å². The number of alkyl halides is 1. The highest BCUT2D eigenvalue weighted by molar-refractivity contribution is 5.26. The summed E-state index contributed by atoms with van der Waals surface area (Å²) in [6, 6.07) is 8.29. The Morgan fingerprint density at radius 1 is 1.09 bits per heavy atom. The first kappa shape index (κ1) is 16.9. The van der Waals surface area contributed by atoms with Crippen LogP contribution in [0.15, 0.2) is 24.3 Å². The maximum Gasteiger partial charge on any atom is 0.115 e. The molecule has 2 atom stereocenters. The summed E-state index contributed by atoms with van der Waals surface area (Å²) in [6.45, 7) is 4.02. The third-order valence-electron chi connectivity index (χ3n) is 5.15. The van der Waals surface area contributed by atoms with Crippen LogP contribution in [0.4, 0.5) is 4.39 Å². The molecular formula is C19H28FNO2. The van der Waals surface area contributed by atoms with E-state index < -0.39 is 6.67 Å². The van der Waals surface area contributed by atoms with E-state index in [9.17, 15) is 4.39 Å². The highest BCUT2D eigenvalue weighted by Crippen LogP contribution is 2.26. The van der Waals surface area contributed by atoms with Crippen LogP contribution in [0.3, 0.4) is 0 Å². The van der Waals surface area contributed by atoms with Gasteiger partial charge in [-0.1, -0.05) is 37.1 Å². The number of ether oxygens (including phenoxy) is 2. The van der Waals surface area contributed by atoms with Gasteiger partial charge in [-0.2, -0.15) is 0 Å². The van der Waals surface area contributed by atoms with Crippen molar-refractivity contribution in [3.63, 3.8) is 0 Å². The molecule has 1 saturated carbocycles. The monoisotopic (exact) mass is 321 g/mol. The summed E-state index contributed by atoms with van der Waals surface area (Å²) < 4.78 is 24.7. The van der Waals surface area contributed by atoms with E-state index in [1.165, 1.54) is 19.3 Å². The van der Waals surface area contributed by atoms with Gasteiger partial charge in [-0.05, 0) is 30.4 Å². The lowest BCUT2D eigenvalue weighted by Crippen LogP contribution is -2.51. The Hall–Kier alpha value is -0.970. The second kappa shape index (κ2) is 8.76. The van der Waals surface area contributed by atoms with E-state index in [0.29, 0.717) is 18.8 Å². The van der Waals surface area contributed by atoms with Gasteiger partial charge >= 0.3 is 0 Å². The maximum atomic E-state index is 13.0. The molecule has 0 amide bonds. The van der Waals surface area contributed by atoms with Crippen LogP contribution < -0.4 is 0 Å². The first-order chi connectivity index (χ1) is 11.4. The molecule has 0 spiro atoms. The van der Waals surface area contributed by atoms with E-state index in [4.69, 9.17) is 9.47 Å². The number of rotatable bonds is 6. The summed E-state index contributed by atoms with van der Waals surface area (Å²) in [7, 11) is 0. The number of hydrogen-bond acceptors (Lipinski definition) is 3. The summed E-state index contributed by atoms with van der Waals surface area (Å²) in [5.74, 6) is 0. The highest BCUT2D eigenvalue weighted by Gasteiger charge is 2.31. The molecule has 0 aromatic heterocycles. The Bertz CT molecular complexity index is 476. The largest absolute Gasteiger partial charge is 0.379 e. The number of benzene rings is 1. The van der Waals surface area contributed by atoms with Crippen molar-refractivity contribution in [2.24, 2.45) is 0 Å². The molecule has 23 heavy (non-hydrogen) atoms. The number of nitrogens with zero attached hydrogens (tertiary/aromatic N) is 1. The average Bonchev–Trinajstić information content (AvgIpc) is 2.63. The lowest BCUT2D eigenvalue weighted by Gasteiger charge is -2.41. The Morgan fingerprint density at radius 2 is 1.83 bits per heavy atom. The van der Waals surface area contributed by atoms with E-state index in [0.717, 1.165) is 50.3 Å². The summed E-state index contributed by atoms with van der Waals surface area (Å²) >= 11 is 0. The van der Waals surface area contributed by atoms with Crippen molar-refractivity contribution in [2.45, 2.75) is 50.9 Å². The molecule has 3 nitrogen and oxygen atoms in total. The van der Waals surface area contributed by atoms with E-state index in [-0.39, 0.29) is 0 Å². The van der Waals surface area contributed by atoms with Gasteiger partial charge in [0, 0.05) is 19.1 Å². The summed E-state index contributed by atoms with van der Waals surface area (Å²) in [6.07, 6.45) is 6.05. The van der Waals surface area contributed by atoms with Gasteiger partial charge in [0.15, 0.2) is 0 Å². The van der Waals surface area contributed by atoms with Gasteiger partial charge in [-0.3, -0.25) is 4.90 Å². The fourth-order valence-electron chi connectivity index (χ4n) is 3.85. The SMILES string of the molecule is FCc1ccccc1CCO[C@H]1CCCC[C@H]1N1CCOCC1. The van der Waals surface area contributed by atoms with Crippen LogP contribution in [0, 0.1) is 0 Å². The van der Waals surface area contributed by atoms with Gasteiger partial charge in [-0.15, -0.1) is 0 Å². The fourth-order valence-corrected chi connectivity index (χ4v) is 3.85. The van der Waals surface area contributed by atoms with Crippen molar-refractivity contribution in [3.05, 3.63) is 35.4 Å². The van der Waals surface area contributed by atoms with Gasteiger partial charge in [0.2, 0.25) is 0 Å². The molecule has 0 unspecified atom stereocenters. The first-order valence-electron chi connectivity index (χ1n) is 8.94. The number of halogens is 1. The predicted molar refractivity (Wildman–Crippen MR) is 89.3 cm³/mol. The van der Waals surface area contributed by atoms with E-state index >= 15 is 0 Å². The Morgan fingerprint density at radius 3 is 2.61 bits per heavy atom. The molecule has 2 fully saturated rings. The van der Waals surface area contributed by atoms with Crippen molar-refractivity contribution >= 4 is 0 Å². The molecule has 1 aromatic carbocycles. The highest BCUT2D eigenvalue weighted by atomic mass is 19.1. The van der Waals surface area contributed by atoms with Gasteiger partial charge in [0.05, 0.1) is 25.9 Å². The zero-order valence-corrected chi connectivity index (χ0v) is 13.9. The second-order valence-corrected chi connectivity index (χ2v) is 6.56. The van der Waals surface area contributed by atoms with Crippen molar-refractivity contribution in [2.75, 3.05) is 32.9 Å². The molecule has 4 heteroatoms. The zero-order chi connectivity index (χ0) is 15.9. The second-order valence-electron chi connectivity index (χ2n) is 6.56. The molecule has 1 heterocycles. The molecule has 3 rings (SSSR count). The van der Waals surface area contributed by atoms with Gasteiger partial charge in [0.1, 0.15) is 6.67 Å². The van der Waals surface area contributed by atoms with Crippen LogP contribution in [0.25, 0.3) is 0 Å². The normalized spacial score (nSPS) is 26.3. The molecule has 1 aliphatic carbocycles. The molecule has 0 radical (unpaired) electrons. The fraction of sp³-hybridized carbons (Fsp3) is 0.684. The standard InChI is InChI=1S/C19H28FNO2/c20-15-17-6-2-1-5-16(17)9-12-23-19-8-4-3-7-18(19)21-10-13-22-14-11-21/h1-2,5-6,18-19H,3-4,7-15H2/t18-,19+/m1/s1. The molecule has 1 aliphatic heterocycles. The van der Waals surface area contributed by atoms with Gasteiger partial charge in [0.25, 0.3) is 0 Å². The quantitative estimate of drug-likeness (QED) is 0.802. The summed E-state index contributed by atoms with van der Waals surface area (Å²) in [4.78, 5) is 2.54. The molecule has 2 aliphatic rings. The van der Waals surface area contributed by atoms with Crippen molar-refractivity contribution in [1.29, 1.82) is 0 Å². The zero-order valence-electron chi connectivity index (χ0n) is 13.9. The number of morpholine rings is 1. The van der Waals surface area contributed by atoms with Crippen LogP contribution in [0.1, 0.15) is 36.8 Å². The predicted octanol–water partition coefficient (Wildman–Crippen LogP) is 3.36. The molecule has 1 saturated heterocycles. The Kier molecular flexibility index (Phi) is 6.43. The minimum atomic E-state index is -0.393. The summed E-state index contributed by atoms with van der Waals surface area (Å²) in [5.41, 5.74) is 1.87. The third-order valence-corrected chi connectivity index (χ3v) is 5.15. The molecule has 128 valence electrons. The lowest BCUT2D eigenvalue weighted by molar-refractivity contribution is -0.0647. The molecular weight excluding hydrogens is 293 g/mol. The van der Waals surface area contributed by atoms with Crippen molar-refractivity contribution in [1.82, 2.24) is 4.90 Å². The third kappa shape index (κ3) is 4.52. The minimum Gasteiger partial charge on any atom is -0.379 e.